The Morgan fingerprint density at radius 1 is 1.07 bits per heavy atom. The van der Waals surface area contributed by atoms with E-state index in [1.807, 2.05) is 12.1 Å². The molecule has 0 heterocycles. The number of rotatable bonds is 1. The van der Waals surface area contributed by atoms with Gasteiger partial charge in [-0.1, -0.05) is 55.5 Å². The number of benzene rings is 1. The third kappa shape index (κ3) is 2.49. The molecule has 0 N–H and O–H groups in total. The highest BCUT2D eigenvalue weighted by molar-refractivity contribution is 6.42. The van der Waals surface area contributed by atoms with Crippen LogP contribution in [0.4, 0.5) is 0 Å². The van der Waals surface area contributed by atoms with E-state index in [-0.39, 0.29) is 0 Å². The van der Waals surface area contributed by atoms with Crippen molar-refractivity contribution in [2.24, 2.45) is 5.92 Å². The summed E-state index contributed by atoms with van der Waals surface area (Å²) in [5.41, 5.74) is 1.36. The summed E-state index contributed by atoms with van der Waals surface area (Å²) in [6.45, 7) is 2.34. The standard InChI is InChI=1S/C13H16Cl2/c1-9-4-2-3-5-11(9)10-6-7-12(14)13(15)8-10/h6-9,11H,2-5H2,1H3. The van der Waals surface area contributed by atoms with Gasteiger partial charge in [-0.05, 0) is 36.0 Å². The van der Waals surface area contributed by atoms with Crippen molar-refractivity contribution < 1.29 is 0 Å². The molecule has 0 saturated heterocycles. The van der Waals surface area contributed by atoms with Gasteiger partial charge in [0.05, 0.1) is 10.0 Å². The third-order valence-electron chi connectivity index (χ3n) is 3.48. The molecule has 1 aliphatic carbocycles. The van der Waals surface area contributed by atoms with Crippen LogP contribution in [0.25, 0.3) is 0 Å². The first-order valence-corrected chi connectivity index (χ1v) is 6.39. The largest absolute Gasteiger partial charge is 0.0827 e. The molecule has 0 aromatic heterocycles. The quantitative estimate of drug-likeness (QED) is 0.628. The Kier molecular flexibility index (Phi) is 3.58. The van der Waals surface area contributed by atoms with Gasteiger partial charge in [0.15, 0.2) is 0 Å². The van der Waals surface area contributed by atoms with E-state index in [0.717, 1.165) is 5.92 Å². The van der Waals surface area contributed by atoms with Crippen molar-refractivity contribution in [3.05, 3.63) is 33.8 Å². The first-order valence-electron chi connectivity index (χ1n) is 5.63. The summed E-state index contributed by atoms with van der Waals surface area (Å²) in [5.74, 6) is 1.45. The van der Waals surface area contributed by atoms with Gasteiger partial charge < -0.3 is 0 Å². The van der Waals surface area contributed by atoms with E-state index in [1.165, 1.54) is 31.2 Å². The van der Waals surface area contributed by atoms with E-state index in [4.69, 9.17) is 23.2 Å². The van der Waals surface area contributed by atoms with E-state index in [0.29, 0.717) is 16.0 Å². The van der Waals surface area contributed by atoms with E-state index >= 15 is 0 Å². The van der Waals surface area contributed by atoms with Crippen molar-refractivity contribution in [1.29, 1.82) is 0 Å². The van der Waals surface area contributed by atoms with E-state index in [2.05, 4.69) is 13.0 Å². The lowest BCUT2D eigenvalue weighted by atomic mass is 9.76. The second-order valence-electron chi connectivity index (χ2n) is 4.54. The smallest absolute Gasteiger partial charge is 0.0595 e. The lowest BCUT2D eigenvalue weighted by molar-refractivity contribution is 0.330. The summed E-state index contributed by atoms with van der Waals surface area (Å²) in [6.07, 6.45) is 5.35. The van der Waals surface area contributed by atoms with Gasteiger partial charge in [-0.2, -0.15) is 0 Å². The fourth-order valence-electron chi connectivity index (χ4n) is 2.55. The van der Waals surface area contributed by atoms with Crippen molar-refractivity contribution in [1.82, 2.24) is 0 Å². The van der Waals surface area contributed by atoms with E-state index in [1.54, 1.807) is 0 Å². The zero-order chi connectivity index (χ0) is 10.8. The van der Waals surface area contributed by atoms with Crippen LogP contribution in [-0.2, 0) is 0 Å². The zero-order valence-electron chi connectivity index (χ0n) is 8.97. The van der Waals surface area contributed by atoms with Crippen LogP contribution in [-0.4, -0.2) is 0 Å². The molecule has 1 aromatic rings. The predicted molar refractivity (Wildman–Crippen MR) is 66.8 cm³/mol. The van der Waals surface area contributed by atoms with Crippen LogP contribution in [0.2, 0.25) is 10.0 Å². The minimum atomic E-state index is 0.656. The zero-order valence-corrected chi connectivity index (χ0v) is 10.5. The third-order valence-corrected chi connectivity index (χ3v) is 4.22. The summed E-state index contributed by atoms with van der Waals surface area (Å²) in [6, 6.07) is 6.08. The lowest BCUT2D eigenvalue weighted by Crippen LogP contribution is -2.14. The molecule has 2 unspecified atom stereocenters. The molecule has 1 saturated carbocycles. The molecular weight excluding hydrogens is 227 g/mol. The number of hydrogen-bond acceptors (Lipinski definition) is 0. The Hall–Kier alpha value is -0.200. The van der Waals surface area contributed by atoms with E-state index < -0.39 is 0 Å². The molecule has 0 radical (unpaired) electrons. The average molecular weight is 243 g/mol. The SMILES string of the molecule is CC1CCCCC1c1ccc(Cl)c(Cl)c1. The van der Waals surface area contributed by atoms with Gasteiger partial charge in [0.25, 0.3) is 0 Å². The first-order chi connectivity index (χ1) is 7.18. The Labute approximate surface area is 102 Å². The van der Waals surface area contributed by atoms with Crippen LogP contribution in [0.15, 0.2) is 18.2 Å². The van der Waals surface area contributed by atoms with Crippen LogP contribution in [0.5, 0.6) is 0 Å². The number of hydrogen-bond donors (Lipinski definition) is 0. The molecule has 1 fully saturated rings. The molecule has 0 bridgehead atoms. The lowest BCUT2D eigenvalue weighted by Gasteiger charge is -2.29. The first kappa shape index (κ1) is 11.3. The second kappa shape index (κ2) is 4.76. The Balaban J connectivity index is 2.24. The van der Waals surface area contributed by atoms with Crippen LogP contribution in [0.3, 0.4) is 0 Å². The van der Waals surface area contributed by atoms with Crippen LogP contribution in [0, 0.1) is 5.92 Å². The average Bonchev–Trinajstić information content (AvgIpc) is 2.23. The van der Waals surface area contributed by atoms with Crippen LogP contribution < -0.4 is 0 Å². The minimum absolute atomic E-state index is 0.656. The van der Waals surface area contributed by atoms with Gasteiger partial charge in [0, 0.05) is 0 Å². The normalized spacial score (nSPS) is 26.6. The summed E-state index contributed by atoms with van der Waals surface area (Å²) in [4.78, 5) is 0. The molecule has 0 nitrogen and oxygen atoms in total. The Morgan fingerprint density at radius 3 is 2.47 bits per heavy atom. The van der Waals surface area contributed by atoms with Gasteiger partial charge in [0.2, 0.25) is 0 Å². The topological polar surface area (TPSA) is 0 Å². The maximum atomic E-state index is 6.05. The predicted octanol–water partition coefficient (Wildman–Crippen LogP) is 5.29. The summed E-state index contributed by atoms with van der Waals surface area (Å²) < 4.78 is 0. The number of halogens is 2. The van der Waals surface area contributed by atoms with Crippen LogP contribution >= 0.6 is 23.2 Å². The minimum Gasteiger partial charge on any atom is -0.0827 e. The molecule has 15 heavy (non-hydrogen) atoms. The van der Waals surface area contributed by atoms with Gasteiger partial charge in [-0.15, -0.1) is 0 Å². The molecule has 0 spiro atoms. The molecular formula is C13H16Cl2. The van der Waals surface area contributed by atoms with Gasteiger partial charge >= 0.3 is 0 Å². The maximum Gasteiger partial charge on any atom is 0.0595 e. The monoisotopic (exact) mass is 242 g/mol. The van der Waals surface area contributed by atoms with Crippen molar-refractivity contribution in [3.8, 4) is 0 Å². The van der Waals surface area contributed by atoms with Crippen molar-refractivity contribution in [3.63, 3.8) is 0 Å². The summed E-state index contributed by atoms with van der Waals surface area (Å²) in [7, 11) is 0. The van der Waals surface area contributed by atoms with Gasteiger partial charge in [0.1, 0.15) is 0 Å². The summed E-state index contributed by atoms with van der Waals surface area (Å²) in [5, 5.41) is 1.34. The highest BCUT2D eigenvalue weighted by Gasteiger charge is 2.23. The molecule has 1 aliphatic rings. The molecule has 1 aromatic carbocycles. The highest BCUT2D eigenvalue weighted by atomic mass is 35.5. The molecule has 0 amide bonds. The molecule has 82 valence electrons. The van der Waals surface area contributed by atoms with Crippen molar-refractivity contribution in [2.45, 2.75) is 38.5 Å². The molecule has 2 heteroatoms. The maximum absolute atomic E-state index is 6.05. The molecule has 2 rings (SSSR count). The summed E-state index contributed by atoms with van der Waals surface area (Å²) >= 11 is 12.0. The Bertz CT molecular complexity index is 346. The fourth-order valence-corrected chi connectivity index (χ4v) is 2.86. The van der Waals surface area contributed by atoms with E-state index in [9.17, 15) is 0 Å². The van der Waals surface area contributed by atoms with Crippen molar-refractivity contribution in [2.75, 3.05) is 0 Å². The van der Waals surface area contributed by atoms with Gasteiger partial charge in [-0.25, -0.2) is 0 Å². The fraction of sp³-hybridized carbons (Fsp3) is 0.538. The van der Waals surface area contributed by atoms with Crippen LogP contribution in [0.1, 0.15) is 44.1 Å². The highest BCUT2D eigenvalue weighted by Crippen LogP contribution is 2.39. The Morgan fingerprint density at radius 2 is 1.80 bits per heavy atom. The molecule has 0 aliphatic heterocycles. The second-order valence-corrected chi connectivity index (χ2v) is 5.36. The molecule has 2 atom stereocenters. The van der Waals surface area contributed by atoms with Gasteiger partial charge in [-0.3, -0.25) is 0 Å². The van der Waals surface area contributed by atoms with Crippen molar-refractivity contribution >= 4 is 23.2 Å².